The maximum absolute atomic E-state index is 13.5. The van der Waals surface area contributed by atoms with Crippen molar-refractivity contribution >= 4 is 33.2 Å². The van der Waals surface area contributed by atoms with Crippen molar-refractivity contribution in [1.29, 1.82) is 0 Å². The summed E-state index contributed by atoms with van der Waals surface area (Å²) in [6.07, 6.45) is 13.1. The molecule has 2 aromatic carbocycles. The molecule has 2 bridgehead atoms. The molecule has 11 heteroatoms. The van der Waals surface area contributed by atoms with E-state index in [1.54, 1.807) is 38.4 Å². The Bertz CT molecular complexity index is 1760. The molecule has 47 heavy (non-hydrogen) atoms. The van der Waals surface area contributed by atoms with Gasteiger partial charge in [-0.1, -0.05) is 30.7 Å². The van der Waals surface area contributed by atoms with E-state index in [0.717, 1.165) is 62.3 Å². The van der Waals surface area contributed by atoms with Crippen molar-refractivity contribution in [1.82, 2.24) is 14.3 Å². The lowest BCUT2D eigenvalue weighted by Crippen LogP contribution is -2.50. The zero-order chi connectivity index (χ0) is 33.3. The maximum Gasteiger partial charge on any atom is 0.264 e. The number of carbonyl (C=O) groups is 1. The number of imidazole rings is 1. The molecule has 0 saturated heterocycles. The first-order chi connectivity index (χ1) is 22.5. The lowest BCUT2D eigenvalue weighted by atomic mass is 9.63. The van der Waals surface area contributed by atoms with Gasteiger partial charge >= 0.3 is 0 Å². The topological polar surface area (TPSA) is 103 Å². The van der Waals surface area contributed by atoms with Gasteiger partial charge in [0.05, 0.1) is 10.9 Å². The second-order valence-corrected chi connectivity index (χ2v) is 15.9. The summed E-state index contributed by atoms with van der Waals surface area (Å²) in [7, 11) is -0.240. The van der Waals surface area contributed by atoms with E-state index in [2.05, 4.69) is 15.7 Å². The smallest absolute Gasteiger partial charge is 0.264 e. The van der Waals surface area contributed by atoms with E-state index in [1.807, 2.05) is 49.0 Å². The zero-order valence-electron chi connectivity index (χ0n) is 27.6. The minimum Gasteiger partial charge on any atom is -0.487 e. The van der Waals surface area contributed by atoms with Crippen LogP contribution in [-0.2, 0) is 40.4 Å². The number of nitrogens with one attached hydrogen (secondary N) is 1. The van der Waals surface area contributed by atoms with Crippen LogP contribution in [0.3, 0.4) is 0 Å². The summed E-state index contributed by atoms with van der Waals surface area (Å²) < 4.78 is 44.2. The zero-order valence-corrected chi connectivity index (χ0v) is 29.2. The molecule has 3 aromatic rings. The number of amides is 1. The minimum absolute atomic E-state index is 0.134. The van der Waals surface area contributed by atoms with Gasteiger partial charge in [-0.3, -0.25) is 4.79 Å². The second-order valence-electron chi connectivity index (χ2n) is 13.4. The van der Waals surface area contributed by atoms with Crippen LogP contribution in [-0.4, -0.2) is 49.3 Å². The van der Waals surface area contributed by atoms with Crippen molar-refractivity contribution in [3.8, 4) is 5.75 Å². The SMILES string of the molecule is CO[C@]1(c2nccn2C)/C=C/C[C@H](C)[C@@H](C)S(=O)(=O)NC(=O)c2ccc3c(c2)N(CCCCc2cc(Cl)ccc2CO3)C[C@@H]2CC[C@H]21. The molecular weight excluding hydrogens is 636 g/mol. The number of halogens is 1. The largest absolute Gasteiger partial charge is 0.487 e. The highest BCUT2D eigenvalue weighted by Crippen LogP contribution is 2.50. The van der Waals surface area contributed by atoms with Crippen molar-refractivity contribution in [2.45, 2.75) is 69.8 Å². The molecule has 3 heterocycles. The fourth-order valence-electron chi connectivity index (χ4n) is 7.37. The highest BCUT2D eigenvalue weighted by Gasteiger charge is 2.50. The second kappa shape index (κ2) is 13.6. The van der Waals surface area contributed by atoms with E-state index < -0.39 is 26.8 Å². The number of allylic oxidation sites excluding steroid dienone is 1. The van der Waals surface area contributed by atoms with Crippen LogP contribution >= 0.6 is 11.6 Å². The standard InChI is InChI=1S/C36H45ClN4O5S/c1-24-8-7-16-36(45-4,35-38-17-19-40(35)3)31-14-11-28(31)22-41-18-6-5-9-26-20-30(37)13-10-29(26)23-46-33-15-12-27(21-32(33)41)34(42)39-47(43,44)25(24)2/h7,10,12-13,15-17,19-21,24-25,28,31H,5-6,8-9,11,14,18,22-23H2,1-4H3,(H,39,42)/b16-7+/t24-,25+,28-,31+,36+/m0/s1. The third kappa shape index (κ3) is 6.69. The first-order valence-corrected chi connectivity index (χ1v) is 18.5. The molecule has 1 fully saturated rings. The van der Waals surface area contributed by atoms with Crippen LogP contribution in [0.1, 0.15) is 73.3 Å². The number of methoxy groups -OCH3 is 1. The van der Waals surface area contributed by atoms with Gasteiger partial charge in [0.2, 0.25) is 10.0 Å². The minimum atomic E-state index is -3.97. The molecule has 1 amide bonds. The van der Waals surface area contributed by atoms with E-state index in [4.69, 9.17) is 26.1 Å². The molecule has 9 nitrogen and oxygen atoms in total. The summed E-state index contributed by atoms with van der Waals surface area (Å²) in [5.74, 6) is 0.979. The summed E-state index contributed by atoms with van der Waals surface area (Å²) in [6.45, 7) is 5.36. The van der Waals surface area contributed by atoms with Crippen LogP contribution in [0.5, 0.6) is 5.75 Å². The first-order valence-electron chi connectivity index (χ1n) is 16.6. The number of hydrogen-bond donors (Lipinski definition) is 1. The Balaban J connectivity index is 1.45. The summed E-state index contributed by atoms with van der Waals surface area (Å²) in [5, 5.41) is -0.0994. The number of benzene rings is 2. The van der Waals surface area contributed by atoms with Gasteiger partial charge in [-0.25, -0.2) is 18.1 Å². The fraction of sp³-hybridized carbons (Fsp3) is 0.500. The molecule has 0 unspecified atom stereocenters. The monoisotopic (exact) mass is 680 g/mol. The predicted octanol–water partition coefficient (Wildman–Crippen LogP) is 6.41. The Hall–Kier alpha value is -3.34. The molecule has 1 aliphatic carbocycles. The van der Waals surface area contributed by atoms with Crippen molar-refractivity contribution in [2.24, 2.45) is 24.8 Å². The van der Waals surface area contributed by atoms with Gasteiger partial charge in [0, 0.05) is 56.1 Å². The molecule has 0 radical (unpaired) electrons. The number of fused-ring (bicyclic) bond motifs is 3. The lowest BCUT2D eigenvalue weighted by Gasteiger charge is -2.49. The van der Waals surface area contributed by atoms with Gasteiger partial charge in [0.1, 0.15) is 23.8 Å². The Morgan fingerprint density at radius 1 is 1.11 bits per heavy atom. The predicted molar refractivity (Wildman–Crippen MR) is 184 cm³/mol. The lowest BCUT2D eigenvalue weighted by molar-refractivity contribution is -0.0873. The van der Waals surface area contributed by atoms with E-state index >= 15 is 0 Å². The molecule has 1 saturated carbocycles. The Morgan fingerprint density at radius 3 is 2.66 bits per heavy atom. The van der Waals surface area contributed by atoms with Crippen molar-refractivity contribution in [3.63, 3.8) is 0 Å². The average molecular weight is 681 g/mol. The van der Waals surface area contributed by atoms with Gasteiger partial charge in [-0.15, -0.1) is 0 Å². The summed E-state index contributed by atoms with van der Waals surface area (Å²) >= 11 is 6.36. The number of carbonyl (C=O) groups excluding carboxylic acids is 1. The molecule has 5 atom stereocenters. The number of aromatic nitrogens is 2. The van der Waals surface area contributed by atoms with Gasteiger partial charge in [-0.2, -0.15) is 0 Å². The summed E-state index contributed by atoms with van der Waals surface area (Å²) in [5.41, 5.74) is 2.52. The van der Waals surface area contributed by atoms with Crippen LogP contribution in [0.4, 0.5) is 5.69 Å². The summed E-state index contributed by atoms with van der Waals surface area (Å²) in [4.78, 5) is 20.6. The van der Waals surface area contributed by atoms with Crippen LogP contribution in [0.25, 0.3) is 0 Å². The number of hydrogen-bond acceptors (Lipinski definition) is 7. The van der Waals surface area contributed by atoms with Crippen LogP contribution in [0, 0.1) is 17.8 Å². The van der Waals surface area contributed by atoms with E-state index in [-0.39, 0.29) is 23.3 Å². The highest BCUT2D eigenvalue weighted by atomic mass is 35.5. The fourth-order valence-corrected chi connectivity index (χ4v) is 8.85. The van der Waals surface area contributed by atoms with Gasteiger partial charge < -0.3 is 18.9 Å². The molecule has 3 aliphatic rings. The maximum atomic E-state index is 13.5. The van der Waals surface area contributed by atoms with Crippen LogP contribution < -0.4 is 14.4 Å². The van der Waals surface area contributed by atoms with Gasteiger partial charge in [0.25, 0.3) is 5.91 Å². The Labute approximate surface area is 283 Å². The quantitative estimate of drug-likeness (QED) is 0.312. The number of aryl methyl sites for hydroxylation is 2. The van der Waals surface area contributed by atoms with Gasteiger partial charge in [0.15, 0.2) is 0 Å². The highest BCUT2D eigenvalue weighted by molar-refractivity contribution is 7.90. The van der Waals surface area contributed by atoms with Crippen LogP contribution in [0.15, 0.2) is 60.9 Å². The number of anilines is 1. The Morgan fingerprint density at radius 2 is 1.94 bits per heavy atom. The average Bonchev–Trinajstić information content (AvgIpc) is 3.46. The summed E-state index contributed by atoms with van der Waals surface area (Å²) in [6, 6.07) is 11.1. The molecule has 0 spiro atoms. The molecule has 1 N–H and O–H groups in total. The Kier molecular flexibility index (Phi) is 9.74. The number of nitrogens with zero attached hydrogens (tertiary/aromatic N) is 3. The third-order valence-corrected chi connectivity index (χ3v) is 12.7. The number of ether oxygens (including phenoxy) is 2. The van der Waals surface area contributed by atoms with Crippen molar-refractivity contribution < 1.29 is 22.7 Å². The molecule has 2 aliphatic heterocycles. The van der Waals surface area contributed by atoms with Crippen LogP contribution in [0.2, 0.25) is 5.02 Å². The molecular formula is C36H45ClN4O5S. The molecule has 252 valence electrons. The van der Waals surface area contributed by atoms with Crippen molar-refractivity contribution in [2.75, 3.05) is 25.1 Å². The van der Waals surface area contributed by atoms with Crippen molar-refractivity contribution in [3.05, 3.63) is 88.5 Å². The van der Waals surface area contributed by atoms with Gasteiger partial charge in [-0.05, 0) is 105 Å². The number of rotatable bonds is 2. The third-order valence-electron chi connectivity index (χ3n) is 10.6. The molecule has 6 rings (SSSR count). The van der Waals surface area contributed by atoms with E-state index in [1.165, 1.54) is 5.56 Å². The van der Waals surface area contributed by atoms with E-state index in [9.17, 15) is 13.2 Å². The number of sulfonamides is 1. The molecule has 1 aromatic heterocycles. The normalized spacial score (nSPS) is 28.8. The first kappa shape index (κ1) is 33.6. The van der Waals surface area contributed by atoms with E-state index in [0.29, 0.717) is 23.8 Å².